The highest BCUT2D eigenvalue weighted by Crippen LogP contribution is 2.23. The Bertz CT molecular complexity index is 969. The Kier molecular flexibility index (Phi) is 3.95. The van der Waals surface area contributed by atoms with Crippen molar-refractivity contribution in [2.45, 2.75) is 25.3 Å². The van der Waals surface area contributed by atoms with Crippen LogP contribution in [0.4, 0.5) is 0 Å². The Morgan fingerprint density at radius 1 is 1.09 bits per heavy atom. The topological polar surface area (TPSA) is 64.0 Å². The summed E-state index contributed by atoms with van der Waals surface area (Å²) in [6, 6.07) is 12.8. The van der Waals surface area contributed by atoms with Crippen molar-refractivity contribution in [3.8, 4) is 0 Å². The summed E-state index contributed by atoms with van der Waals surface area (Å²) in [6.45, 7) is 4.05. The highest BCUT2D eigenvalue weighted by Gasteiger charge is 2.18. The van der Waals surface area contributed by atoms with Gasteiger partial charge in [0.25, 0.3) is 0 Å². The van der Waals surface area contributed by atoms with Gasteiger partial charge < -0.3 is 0 Å². The molecule has 3 aromatic rings. The minimum Gasteiger partial charge on any atom is -0.272 e. The molecule has 0 radical (unpaired) electrons. The van der Waals surface area contributed by atoms with Crippen LogP contribution in [0.25, 0.3) is 10.8 Å². The lowest BCUT2D eigenvalue weighted by molar-refractivity contribution is 0.582. The Balaban J connectivity index is 1.95. The highest BCUT2D eigenvalue weighted by atomic mass is 32.2. The molecule has 6 heteroatoms. The van der Waals surface area contributed by atoms with Crippen molar-refractivity contribution < 1.29 is 8.42 Å². The monoisotopic (exact) mass is 329 g/mol. The zero-order valence-electron chi connectivity index (χ0n) is 13.4. The summed E-state index contributed by atoms with van der Waals surface area (Å²) in [5.74, 6) is 0. The average molecular weight is 329 g/mol. The van der Waals surface area contributed by atoms with E-state index in [0.717, 1.165) is 27.7 Å². The molecule has 0 saturated heterocycles. The maximum absolute atomic E-state index is 12.7. The van der Waals surface area contributed by atoms with E-state index in [1.54, 1.807) is 16.8 Å². The molecule has 0 aliphatic carbocycles. The van der Waals surface area contributed by atoms with Crippen molar-refractivity contribution in [2.75, 3.05) is 0 Å². The van der Waals surface area contributed by atoms with Gasteiger partial charge in [0.15, 0.2) is 0 Å². The summed E-state index contributed by atoms with van der Waals surface area (Å²) >= 11 is 0. The molecular weight excluding hydrogens is 310 g/mol. The van der Waals surface area contributed by atoms with Gasteiger partial charge >= 0.3 is 0 Å². The van der Waals surface area contributed by atoms with Gasteiger partial charge in [-0.05, 0) is 25.3 Å². The molecule has 0 amide bonds. The molecule has 1 aromatic heterocycles. The lowest BCUT2D eigenvalue weighted by atomic mass is 10.1. The van der Waals surface area contributed by atoms with Gasteiger partial charge in [0, 0.05) is 30.2 Å². The van der Waals surface area contributed by atoms with Crippen LogP contribution in [0, 0.1) is 13.8 Å². The van der Waals surface area contributed by atoms with Crippen LogP contribution in [0.5, 0.6) is 0 Å². The Morgan fingerprint density at radius 3 is 2.48 bits per heavy atom. The van der Waals surface area contributed by atoms with E-state index in [4.69, 9.17) is 0 Å². The molecule has 0 bridgehead atoms. The zero-order valence-corrected chi connectivity index (χ0v) is 14.2. The van der Waals surface area contributed by atoms with E-state index < -0.39 is 10.0 Å². The van der Waals surface area contributed by atoms with Crippen molar-refractivity contribution in [1.82, 2.24) is 14.5 Å². The summed E-state index contributed by atoms with van der Waals surface area (Å²) in [4.78, 5) is 0.301. The van der Waals surface area contributed by atoms with Gasteiger partial charge in [-0.15, -0.1) is 0 Å². The first kappa shape index (κ1) is 15.7. The number of benzene rings is 2. The first-order chi connectivity index (χ1) is 10.9. The minimum absolute atomic E-state index is 0.233. The van der Waals surface area contributed by atoms with Gasteiger partial charge in [-0.2, -0.15) is 5.10 Å². The molecule has 120 valence electrons. The Labute approximate surface area is 136 Å². The summed E-state index contributed by atoms with van der Waals surface area (Å²) < 4.78 is 29.9. The molecule has 0 aliphatic heterocycles. The van der Waals surface area contributed by atoms with Crippen LogP contribution in [-0.2, 0) is 23.6 Å². The summed E-state index contributed by atoms with van der Waals surface area (Å²) in [5.41, 5.74) is 2.71. The standard InChI is InChI=1S/C17H19N3O2S/c1-12-16(13(2)20(3)19-12)11-18-23(21,22)17-10-6-8-14-7-4-5-9-15(14)17/h4-10,18H,11H2,1-3H3. The van der Waals surface area contributed by atoms with Crippen LogP contribution in [0.1, 0.15) is 17.0 Å². The fourth-order valence-corrected chi connectivity index (χ4v) is 3.97. The smallest absolute Gasteiger partial charge is 0.241 e. The van der Waals surface area contributed by atoms with Crippen LogP contribution in [0.15, 0.2) is 47.4 Å². The van der Waals surface area contributed by atoms with Gasteiger partial charge in [-0.3, -0.25) is 4.68 Å². The second-order valence-corrected chi connectivity index (χ2v) is 7.31. The number of hydrogen-bond acceptors (Lipinski definition) is 3. The number of hydrogen-bond donors (Lipinski definition) is 1. The molecule has 0 saturated carbocycles. The summed E-state index contributed by atoms with van der Waals surface area (Å²) in [5, 5.41) is 5.95. The molecule has 5 nitrogen and oxygen atoms in total. The molecular formula is C17H19N3O2S. The second-order valence-electron chi connectivity index (χ2n) is 5.57. The third-order valence-corrected chi connectivity index (χ3v) is 5.60. The first-order valence-corrected chi connectivity index (χ1v) is 8.85. The minimum atomic E-state index is -3.60. The number of aromatic nitrogens is 2. The van der Waals surface area contributed by atoms with Crippen LogP contribution in [0.3, 0.4) is 0 Å². The van der Waals surface area contributed by atoms with E-state index >= 15 is 0 Å². The van der Waals surface area contributed by atoms with E-state index in [9.17, 15) is 8.42 Å². The third kappa shape index (κ3) is 2.87. The van der Waals surface area contributed by atoms with E-state index in [-0.39, 0.29) is 6.54 Å². The van der Waals surface area contributed by atoms with Crippen molar-refractivity contribution in [3.05, 3.63) is 59.4 Å². The highest BCUT2D eigenvalue weighted by molar-refractivity contribution is 7.89. The summed E-state index contributed by atoms with van der Waals surface area (Å²) in [7, 11) is -1.74. The number of fused-ring (bicyclic) bond motifs is 1. The maximum atomic E-state index is 12.7. The van der Waals surface area contributed by atoms with Gasteiger partial charge in [-0.1, -0.05) is 36.4 Å². The molecule has 0 unspecified atom stereocenters. The average Bonchev–Trinajstić information content (AvgIpc) is 2.77. The summed E-state index contributed by atoms with van der Waals surface area (Å²) in [6.07, 6.45) is 0. The van der Waals surface area contributed by atoms with E-state index in [0.29, 0.717) is 4.90 Å². The van der Waals surface area contributed by atoms with Crippen molar-refractivity contribution >= 4 is 20.8 Å². The molecule has 0 fully saturated rings. The van der Waals surface area contributed by atoms with Crippen molar-refractivity contribution in [3.63, 3.8) is 0 Å². The van der Waals surface area contributed by atoms with Crippen LogP contribution >= 0.6 is 0 Å². The predicted molar refractivity (Wildman–Crippen MR) is 90.7 cm³/mol. The fraction of sp³-hybridized carbons (Fsp3) is 0.235. The molecule has 2 aromatic carbocycles. The molecule has 0 spiro atoms. The van der Waals surface area contributed by atoms with Gasteiger partial charge in [0.2, 0.25) is 10.0 Å². The molecule has 0 aliphatic rings. The normalized spacial score (nSPS) is 12.0. The molecule has 1 heterocycles. The van der Waals surface area contributed by atoms with E-state index in [1.807, 2.05) is 51.2 Å². The lowest BCUT2D eigenvalue weighted by Crippen LogP contribution is -2.24. The molecule has 1 N–H and O–H groups in total. The number of aryl methyl sites for hydroxylation is 2. The quantitative estimate of drug-likeness (QED) is 0.800. The lowest BCUT2D eigenvalue weighted by Gasteiger charge is -2.10. The zero-order chi connectivity index (χ0) is 16.6. The Morgan fingerprint density at radius 2 is 1.78 bits per heavy atom. The molecule has 3 rings (SSSR count). The van der Waals surface area contributed by atoms with E-state index in [2.05, 4.69) is 9.82 Å². The second kappa shape index (κ2) is 5.79. The number of nitrogens with zero attached hydrogens (tertiary/aromatic N) is 2. The van der Waals surface area contributed by atoms with E-state index in [1.165, 1.54) is 0 Å². The molecule has 23 heavy (non-hydrogen) atoms. The third-order valence-electron chi connectivity index (χ3n) is 4.14. The predicted octanol–water partition coefficient (Wildman–Crippen LogP) is 2.67. The molecule has 0 atom stereocenters. The first-order valence-electron chi connectivity index (χ1n) is 7.36. The largest absolute Gasteiger partial charge is 0.272 e. The fourth-order valence-electron chi connectivity index (χ4n) is 2.75. The Hall–Kier alpha value is -2.18. The SMILES string of the molecule is Cc1nn(C)c(C)c1CNS(=O)(=O)c1cccc2ccccc12. The van der Waals surface area contributed by atoms with Crippen LogP contribution in [-0.4, -0.2) is 18.2 Å². The van der Waals surface area contributed by atoms with Gasteiger partial charge in [0.1, 0.15) is 0 Å². The number of rotatable bonds is 4. The van der Waals surface area contributed by atoms with Gasteiger partial charge in [-0.25, -0.2) is 13.1 Å². The van der Waals surface area contributed by atoms with Crippen LogP contribution in [0.2, 0.25) is 0 Å². The van der Waals surface area contributed by atoms with Crippen LogP contribution < -0.4 is 4.72 Å². The van der Waals surface area contributed by atoms with Crippen molar-refractivity contribution in [1.29, 1.82) is 0 Å². The maximum Gasteiger partial charge on any atom is 0.241 e. The van der Waals surface area contributed by atoms with Gasteiger partial charge in [0.05, 0.1) is 10.6 Å². The van der Waals surface area contributed by atoms with Crippen molar-refractivity contribution in [2.24, 2.45) is 7.05 Å². The number of sulfonamides is 1. The number of nitrogens with one attached hydrogen (secondary N) is 1.